The third-order valence-electron chi connectivity index (χ3n) is 6.47. The normalized spacial score (nSPS) is 22.8. The second-order valence-electron chi connectivity index (χ2n) is 8.78. The molecule has 8 heteroatoms. The number of likely N-dealkylation sites (tertiary alicyclic amines) is 1. The number of nitrogens with zero attached hydrogens (tertiary/aromatic N) is 2. The summed E-state index contributed by atoms with van der Waals surface area (Å²) < 4.78 is 1.07. The fourth-order valence-electron chi connectivity index (χ4n) is 4.71. The summed E-state index contributed by atoms with van der Waals surface area (Å²) in [5.74, 6) is 0.830. The average molecular weight is 500 g/mol. The molecule has 32 heavy (non-hydrogen) atoms. The van der Waals surface area contributed by atoms with Crippen LogP contribution in [-0.4, -0.2) is 46.9 Å². The molecule has 1 aromatic carbocycles. The van der Waals surface area contributed by atoms with Gasteiger partial charge in [0.1, 0.15) is 11.9 Å². The van der Waals surface area contributed by atoms with Gasteiger partial charge in [-0.15, -0.1) is 0 Å². The molecule has 2 aliphatic heterocycles. The minimum absolute atomic E-state index is 0.0475. The lowest BCUT2D eigenvalue weighted by molar-refractivity contribution is -0.139. The third-order valence-corrected chi connectivity index (χ3v) is 6.99. The van der Waals surface area contributed by atoms with Crippen LogP contribution in [0.15, 0.2) is 40.9 Å². The summed E-state index contributed by atoms with van der Waals surface area (Å²) in [6, 6.07) is 11.3. The summed E-state index contributed by atoms with van der Waals surface area (Å²) in [5.41, 5.74) is 8.71. The largest absolute Gasteiger partial charge is 0.384 e. The molecule has 0 unspecified atom stereocenters. The van der Waals surface area contributed by atoms with Crippen LogP contribution >= 0.6 is 15.9 Å². The van der Waals surface area contributed by atoms with E-state index in [0.29, 0.717) is 31.2 Å². The van der Waals surface area contributed by atoms with E-state index in [9.17, 15) is 9.59 Å². The van der Waals surface area contributed by atoms with Crippen LogP contribution in [0.5, 0.6) is 0 Å². The van der Waals surface area contributed by atoms with E-state index in [1.54, 1.807) is 11.0 Å². The van der Waals surface area contributed by atoms with Crippen LogP contribution in [0.3, 0.4) is 0 Å². The first-order valence-corrected chi connectivity index (χ1v) is 12.0. The van der Waals surface area contributed by atoms with E-state index in [0.717, 1.165) is 41.5 Å². The molecule has 3 heterocycles. The van der Waals surface area contributed by atoms with Crippen LogP contribution < -0.4 is 16.4 Å². The summed E-state index contributed by atoms with van der Waals surface area (Å²) in [6.07, 6.45) is 3.30. The van der Waals surface area contributed by atoms with Gasteiger partial charge in [0.05, 0.1) is 6.04 Å². The Kier molecular flexibility index (Phi) is 7.10. The molecule has 7 nitrogen and oxygen atoms in total. The van der Waals surface area contributed by atoms with Gasteiger partial charge in [0.15, 0.2) is 0 Å². The molecule has 2 aromatic rings. The highest BCUT2D eigenvalue weighted by molar-refractivity contribution is 9.10. The molecule has 0 radical (unpaired) electrons. The van der Waals surface area contributed by atoms with Crippen LogP contribution in [0.4, 0.5) is 5.82 Å². The number of amides is 2. The molecule has 3 atom stereocenters. The fraction of sp³-hybridized carbons (Fsp3) is 0.458. The summed E-state index contributed by atoms with van der Waals surface area (Å²) in [5, 5.41) is 6.38. The van der Waals surface area contributed by atoms with Gasteiger partial charge < -0.3 is 21.3 Å². The Morgan fingerprint density at radius 3 is 2.78 bits per heavy atom. The number of nitrogens with one attached hydrogen (secondary N) is 2. The topological polar surface area (TPSA) is 100 Å². The minimum atomic E-state index is -0.406. The average Bonchev–Trinajstić information content (AvgIpc) is 3.44. The number of aryl methyl sites for hydroxylation is 1. The number of hydrogen-bond donors (Lipinski definition) is 3. The predicted molar refractivity (Wildman–Crippen MR) is 128 cm³/mol. The number of halogens is 1. The maximum atomic E-state index is 13.2. The van der Waals surface area contributed by atoms with E-state index in [2.05, 4.69) is 55.8 Å². The number of benzene rings is 1. The molecule has 0 aliphatic carbocycles. The van der Waals surface area contributed by atoms with Crippen molar-refractivity contribution >= 4 is 33.6 Å². The van der Waals surface area contributed by atoms with Crippen LogP contribution in [-0.2, 0) is 22.6 Å². The van der Waals surface area contributed by atoms with Gasteiger partial charge in [-0.3, -0.25) is 9.59 Å². The molecule has 0 saturated carbocycles. The van der Waals surface area contributed by atoms with Crippen LogP contribution in [0, 0.1) is 12.8 Å². The van der Waals surface area contributed by atoms with Crippen LogP contribution in [0.1, 0.15) is 36.1 Å². The fourth-order valence-corrected chi connectivity index (χ4v) is 4.97. The van der Waals surface area contributed by atoms with Crippen molar-refractivity contribution in [2.45, 2.75) is 51.2 Å². The Labute approximate surface area is 197 Å². The second-order valence-corrected chi connectivity index (χ2v) is 9.70. The Bertz CT molecular complexity index is 981. The Hall–Kier alpha value is -2.45. The van der Waals surface area contributed by atoms with Crippen molar-refractivity contribution in [2.75, 3.05) is 18.8 Å². The number of carbonyl (C=O) groups is 2. The van der Waals surface area contributed by atoms with Gasteiger partial charge in [-0.05, 0) is 74.4 Å². The van der Waals surface area contributed by atoms with Crippen LogP contribution in [0.2, 0.25) is 0 Å². The van der Waals surface area contributed by atoms with Gasteiger partial charge in [0.2, 0.25) is 11.8 Å². The predicted octanol–water partition coefficient (Wildman–Crippen LogP) is 2.56. The summed E-state index contributed by atoms with van der Waals surface area (Å²) in [6.45, 7) is 3.71. The van der Waals surface area contributed by atoms with Crippen molar-refractivity contribution in [3.63, 3.8) is 0 Å². The monoisotopic (exact) mass is 499 g/mol. The number of anilines is 1. The summed E-state index contributed by atoms with van der Waals surface area (Å²) >= 11 is 3.47. The molecule has 170 valence electrons. The molecule has 2 aliphatic rings. The van der Waals surface area contributed by atoms with E-state index < -0.39 is 6.04 Å². The van der Waals surface area contributed by atoms with E-state index in [1.807, 2.05) is 13.0 Å². The molecule has 4 rings (SSSR count). The highest BCUT2D eigenvalue weighted by Gasteiger charge is 2.39. The maximum absolute atomic E-state index is 13.2. The first kappa shape index (κ1) is 22.7. The Morgan fingerprint density at radius 2 is 2.03 bits per heavy atom. The van der Waals surface area contributed by atoms with Crippen molar-refractivity contribution < 1.29 is 9.59 Å². The van der Waals surface area contributed by atoms with Crippen molar-refractivity contribution in [3.05, 3.63) is 57.7 Å². The van der Waals surface area contributed by atoms with Crippen LogP contribution in [0.25, 0.3) is 0 Å². The van der Waals surface area contributed by atoms with Gasteiger partial charge in [0, 0.05) is 23.3 Å². The van der Waals surface area contributed by atoms with Gasteiger partial charge in [-0.2, -0.15) is 0 Å². The highest BCUT2D eigenvalue weighted by atomic mass is 79.9. The van der Waals surface area contributed by atoms with E-state index >= 15 is 0 Å². The summed E-state index contributed by atoms with van der Waals surface area (Å²) in [4.78, 5) is 32.1. The summed E-state index contributed by atoms with van der Waals surface area (Å²) in [7, 11) is 0. The van der Waals surface area contributed by atoms with Gasteiger partial charge in [0.25, 0.3) is 0 Å². The number of rotatable bonds is 6. The standard InChI is InChI=1S/C24H30BrN5O2/c1-15-18(6-9-22(26)29-15)14-28-23(31)21-3-2-10-30(21)24(32)20-12-17(13-27-20)11-16-4-7-19(25)8-5-16/h4-9,17,20-21,27H,2-3,10-14H2,1H3,(H2,26,29)(H,28,31)/t17-,20+,21-/m0/s1. The number of aromatic nitrogens is 1. The molecule has 2 saturated heterocycles. The van der Waals surface area contributed by atoms with E-state index in [1.165, 1.54) is 5.56 Å². The number of carbonyl (C=O) groups excluding carboxylic acids is 2. The van der Waals surface area contributed by atoms with Gasteiger partial charge in [-0.1, -0.05) is 34.1 Å². The van der Waals surface area contributed by atoms with Crippen molar-refractivity contribution in [1.82, 2.24) is 20.5 Å². The van der Waals surface area contributed by atoms with Crippen molar-refractivity contribution in [1.29, 1.82) is 0 Å². The number of nitrogens with two attached hydrogens (primary N) is 1. The second kappa shape index (κ2) is 10.0. The molecule has 0 bridgehead atoms. The molecular weight excluding hydrogens is 470 g/mol. The van der Waals surface area contributed by atoms with E-state index in [4.69, 9.17) is 5.73 Å². The lowest BCUT2D eigenvalue weighted by Crippen LogP contribution is -2.51. The lowest BCUT2D eigenvalue weighted by atomic mass is 9.96. The number of pyridine rings is 1. The van der Waals surface area contributed by atoms with Gasteiger partial charge in [-0.25, -0.2) is 4.98 Å². The van der Waals surface area contributed by atoms with Crippen molar-refractivity contribution in [2.24, 2.45) is 5.92 Å². The zero-order valence-corrected chi connectivity index (χ0v) is 19.9. The SMILES string of the molecule is Cc1nc(N)ccc1CNC(=O)[C@@H]1CCCN1C(=O)[C@H]1C[C@H](Cc2ccc(Br)cc2)CN1. The molecule has 2 amide bonds. The van der Waals surface area contributed by atoms with Gasteiger partial charge >= 0.3 is 0 Å². The molecule has 4 N–H and O–H groups in total. The Balaban J connectivity index is 1.31. The number of nitrogen functional groups attached to an aromatic ring is 1. The number of hydrogen-bond acceptors (Lipinski definition) is 5. The zero-order chi connectivity index (χ0) is 22.7. The third kappa shape index (κ3) is 5.30. The van der Waals surface area contributed by atoms with Crippen molar-refractivity contribution in [3.8, 4) is 0 Å². The van der Waals surface area contributed by atoms with E-state index in [-0.39, 0.29) is 17.9 Å². The Morgan fingerprint density at radius 1 is 1.25 bits per heavy atom. The molecule has 2 fully saturated rings. The zero-order valence-electron chi connectivity index (χ0n) is 18.3. The molecular formula is C24H30BrN5O2. The maximum Gasteiger partial charge on any atom is 0.243 e. The molecule has 0 spiro atoms. The first-order valence-electron chi connectivity index (χ1n) is 11.2. The first-order chi connectivity index (χ1) is 15.4. The smallest absolute Gasteiger partial charge is 0.243 e. The minimum Gasteiger partial charge on any atom is -0.384 e. The molecule has 1 aromatic heterocycles. The lowest BCUT2D eigenvalue weighted by Gasteiger charge is -2.27. The highest BCUT2D eigenvalue weighted by Crippen LogP contribution is 2.25. The quantitative estimate of drug-likeness (QED) is 0.566.